The molecule has 0 aromatic heterocycles. The van der Waals surface area contributed by atoms with Gasteiger partial charge in [0.05, 0.1) is 7.11 Å². The maximum absolute atomic E-state index is 14.6. The van der Waals surface area contributed by atoms with Crippen molar-refractivity contribution in [3.63, 3.8) is 0 Å². The van der Waals surface area contributed by atoms with Crippen LogP contribution in [0.1, 0.15) is 12.0 Å². The lowest BCUT2D eigenvalue weighted by Gasteiger charge is -2.25. The lowest BCUT2D eigenvalue weighted by Crippen LogP contribution is -2.32. The van der Waals surface area contributed by atoms with Gasteiger partial charge in [0.2, 0.25) is 5.67 Å². The van der Waals surface area contributed by atoms with E-state index in [-0.39, 0.29) is 0 Å². The predicted molar refractivity (Wildman–Crippen MR) is 68.6 cm³/mol. The first-order chi connectivity index (χ1) is 9.51. The molecule has 1 aliphatic carbocycles. The Kier molecular flexibility index (Phi) is 3.66. The number of benzene rings is 1. The largest absolute Gasteiger partial charge is 0.465 e. The van der Waals surface area contributed by atoms with E-state index in [0.29, 0.717) is 11.1 Å². The number of methoxy groups -OCH3 is 1. The van der Waals surface area contributed by atoms with E-state index in [9.17, 15) is 13.6 Å². The molecule has 0 bridgehead atoms. The molecule has 1 aromatic carbocycles. The Labute approximate surface area is 114 Å². The number of ether oxygens (including phenoxy) is 1. The maximum Gasteiger partial charge on any atom is 0.341 e. The predicted octanol–water partition coefficient (Wildman–Crippen LogP) is 3.10. The Morgan fingerprint density at radius 1 is 1.40 bits per heavy atom. The molecule has 1 aromatic rings. The van der Waals surface area contributed by atoms with Crippen molar-refractivity contribution in [1.29, 1.82) is 5.26 Å². The van der Waals surface area contributed by atoms with Gasteiger partial charge < -0.3 is 4.74 Å². The molecule has 0 spiro atoms. The van der Waals surface area contributed by atoms with E-state index in [0.717, 1.165) is 13.2 Å². The van der Waals surface area contributed by atoms with Gasteiger partial charge in [0.1, 0.15) is 17.5 Å². The first-order valence-electron chi connectivity index (χ1n) is 5.86. The molecular weight excluding hydrogens is 264 g/mol. The summed E-state index contributed by atoms with van der Waals surface area (Å²) in [5.74, 6) is -2.25. The van der Waals surface area contributed by atoms with Crippen LogP contribution in [0.3, 0.4) is 0 Å². The van der Waals surface area contributed by atoms with Crippen molar-refractivity contribution in [2.75, 3.05) is 7.11 Å². The number of nitriles is 1. The molecule has 2 rings (SSSR count). The van der Waals surface area contributed by atoms with Gasteiger partial charge in [-0.15, -0.1) is 0 Å². The van der Waals surface area contributed by atoms with Crippen molar-refractivity contribution in [2.24, 2.45) is 0 Å². The Morgan fingerprint density at radius 2 is 2.05 bits per heavy atom. The average Bonchev–Trinajstić information content (AvgIpc) is 2.47. The zero-order valence-corrected chi connectivity index (χ0v) is 10.7. The van der Waals surface area contributed by atoms with E-state index in [4.69, 9.17) is 5.26 Å². The Bertz CT molecular complexity index is 644. The standard InChI is InChI=1S/C15H11F2NO2/c1-20-14(19)13-12(16)7-11(8-15(13,17)9-18)10-5-3-2-4-6-10/h2-7H,8H2,1H3. The summed E-state index contributed by atoms with van der Waals surface area (Å²) in [6.45, 7) is 0. The minimum absolute atomic E-state index is 0.319. The summed E-state index contributed by atoms with van der Waals surface area (Å²) < 4.78 is 32.9. The van der Waals surface area contributed by atoms with Crippen molar-refractivity contribution in [2.45, 2.75) is 12.1 Å². The number of rotatable bonds is 2. The fourth-order valence-corrected chi connectivity index (χ4v) is 2.11. The molecule has 0 fully saturated rings. The maximum atomic E-state index is 14.6. The normalized spacial score (nSPS) is 22.0. The number of allylic oxidation sites excluding steroid dienone is 3. The van der Waals surface area contributed by atoms with Crippen LogP contribution >= 0.6 is 0 Å². The Morgan fingerprint density at radius 3 is 2.60 bits per heavy atom. The zero-order chi connectivity index (χ0) is 14.8. The summed E-state index contributed by atoms with van der Waals surface area (Å²) >= 11 is 0. The third kappa shape index (κ3) is 2.32. The molecule has 0 radical (unpaired) electrons. The molecule has 5 heteroatoms. The molecule has 0 N–H and O–H groups in total. The van der Waals surface area contributed by atoms with E-state index in [2.05, 4.69) is 4.74 Å². The monoisotopic (exact) mass is 275 g/mol. The Balaban J connectivity index is 2.55. The first-order valence-corrected chi connectivity index (χ1v) is 5.86. The minimum atomic E-state index is -2.73. The van der Waals surface area contributed by atoms with Crippen LogP contribution in [-0.2, 0) is 9.53 Å². The summed E-state index contributed by atoms with van der Waals surface area (Å²) in [6.07, 6.45) is 0.669. The third-order valence-electron chi connectivity index (χ3n) is 3.08. The summed E-state index contributed by atoms with van der Waals surface area (Å²) in [5.41, 5.74) is -2.68. The second-order valence-electron chi connectivity index (χ2n) is 4.34. The molecule has 3 nitrogen and oxygen atoms in total. The van der Waals surface area contributed by atoms with Crippen LogP contribution in [0.4, 0.5) is 8.78 Å². The highest BCUT2D eigenvalue weighted by Crippen LogP contribution is 2.40. The number of esters is 1. The summed E-state index contributed by atoms with van der Waals surface area (Å²) in [5, 5.41) is 8.99. The molecule has 0 heterocycles. The summed E-state index contributed by atoms with van der Waals surface area (Å²) in [7, 11) is 1.01. The van der Waals surface area contributed by atoms with E-state index in [1.165, 1.54) is 6.07 Å². The smallest absolute Gasteiger partial charge is 0.341 e. The lowest BCUT2D eigenvalue weighted by molar-refractivity contribution is -0.137. The second kappa shape index (κ2) is 5.25. The second-order valence-corrected chi connectivity index (χ2v) is 4.34. The van der Waals surface area contributed by atoms with E-state index >= 15 is 0 Å². The van der Waals surface area contributed by atoms with Crippen molar-refractivity contribution in [1.82, 2.24) is 0 Å². The number of hydrogen-bond donors (Lipinski definition) is 0. The molecule has 102 valence electrons. The van der Waals surface area contributed by atoms with Gasteiger partial charge >= 0.3 is 5.97 Å². The number of halogens is 2. The lowest BCUT2D eigenvalue weighted by atomic mass is 9.82. The van der Waals surface area contributed by atoms with Gasteiger partial charge in [-0.25, -0.2) is 13.6 Å². The quantitative estimate of drug-likeness (QED) is 0.779. The number of nitrogens with zero attached hydrogens (tertiary/aromatic N) is 1. The third-order valence-corrected chi connectivity index (χ3v) is 3.08. The van der Waals surface area contributed by atoms with E-state index in [1.807, 2.05) is 0 Å². The summed E-state index contributed by atoms with van der Waals surface area (Å²) in [6, 6.07) is 9.94. The van der Waals surface area contributed by atoms with Gasteiger partial charge in [0, 0.05) is 6.42 Å². The highest BCUT2D eigenvalue weighted by molar-refractivity contribution is 5.95. The van der Waals surface area contributed by atoms with Gasteiger partial charge in [-0.05, 0) is 17.2 Å². The van der Waals surface area contributed by atoms with Gasteiger partial charge in [0.15, 0.2) is 0 Å². The highest BCUT2D eigenvalue weighted by atomic mass is 19.1. The van der Waals surface area contributed by atoms with Crippen molar-refractivity contribution < 1.29 is 18.3 Å². The average molecular weight is 275 g/mol. The molecule has 1 atom stereocenters. The van der Waals surface area contributed by atoms with Crippen LogP contribution in [0.5, 0.6) is 0 Å². The fraction of sp³-hybridized carbons (Fsp3) is 0.200. The number of carbonyl (C=O) groups excluding carboxylic acids is 1. The summed E-state index contributed by atoms with van der Waals surface area (Å²) in [4.78, 5) is 11.5. The SMILES string of the molecule is COC(=O)C1=C(F)C=C(c2ccccc2)CC1(F)C#N. The van der Waals surface area contributed by atoms with Gasteiger partial charge in [-0.1, -0.05) is 30.3 Å². The first kappa shape index (κ1) is 13.9. The van der Waals surface area contributed by atoms with Crippen molar-refractivity contribution in [3.05, 3.63) is 53.4 Å². The zero-order valence-electron chi connectivity index (χ0n) is 10.7. The minimum Gasteiger partial charge on any atom is -0.465 e. The van der Waals surface area contributed by atoms with Crippen LogP contribution < -0.4 is 0 Å². The topological polar surface area (TPSA) is 50.1 Å². The van der Waals surface area contributed by atoms with Gasteiger partial charge in [-0.2, -0.15) is 5.26 Å². The van der Waals surface area contributed by atoms with Crippen LogP contribution in [0.15, 0.2) is 47.8 Å². The van der Waals surface area contributed by atoms with Crippen LogP contribution in [-0.4, -0.2) is 18.7 Å². The molecule has 0 saturated carbocycles. The number of carbonyl (C=O) groups is 1. The Hall–Kier alpha value is -2.48. The van der Waals surface area contributed by atoms with Crippen LogP contribution in [0.25, 0.3) is 5.57 Å². The van der Waals surface area contributed by atoms with E-state index < -0.39 is 29.5 Å². The molecule has 1 unspecified atom stereocenters. The highest BCUT2D eigenvalue weighted by Gasteiger charge is 2.45. The van der Waals surface area contributed by atoms with Gasteiger partial charge in [0.25, 0.3) is 0 Å². The molecule has 1 aliphatic rings. The van der Waals surface area contributed by atoms with Crippen LogP contribution in [0.2, 0.25) is 0 Å². The molecular formula is C15H11F2NO2. The molecule has 0 saturated heterocycles. The van der Waals surface area contributed by atoms with Crippen molar-refractivity contribution in [3.8, 4) is 6.07 Å². The number of hydrogen-bond acceptors (Lipinski definition) is 3. The van der Waals surface area contributed by atoms with Crippen molar-refractivity contribution >= 4 is 11.5 Å². The molecule has 20 heavy (non-hydrogen) atoms. The molecule has 0 aliphatic heterocycles. The van der Waals surface area contributed by atoms with Crippen LogP contribution in [0, 0.1) is 11.3 Å². The van der Waals surface area contributed by atoms with Gasteiger partial charge in [-0.3, -0.25) is 0 Å². The number of alkyl halides is 1. The van der Waals surface area contributed by atoms with E-state index in [1.54, 1.807) is 30.3 Å². The molecule has 0 amide bonds. The fourth-order valence-electron chi connectivity index (χ4n) is 2.11.